The lowest BCUT2D eigenvalue weighted by atomic mass is 9.87. The van der Waals surface area contributed by atoms with Gasteiger partial charge in [0.15, 0.2) is 0 Å². The summed E-state index contributed by atoms with van der Waals surface area (Å²) in [5, 5.41) is 3.43. The average molecular weight is 260 g/mol. The molecule has 0 unspecified atom stereocenters. The average Bonchev–Trinajstić information content (AvgIpc) is 2.77. The first kappa shape index (κ1) is 12.9. The molecule has 0 spiro atoms. The van der Waals surface area contributed by atoms with Crippen LogP contribution in [0.3, 0.4) is 0 Å². The van der Waals surface area contributed by atoms with Gasteiger partial charge in [-0.05, 0) is 31.9 Å². The lowest BCUT2D eigenvalue weighted by Gasteiger charge is -2.24. The molecular weight excluding hydrogens is 236 g/mol. The lowest BCUT2D eigenvalue weighted by molar-refractivity contribution is 0.436. The largest absolute Gasteiger partial charge is 0.339 e. The number of aromatic nitrogens is 2. The summed E-state index contributed by atoms with van der Waals surface area (Å²) < 4.78 is 0. The molecule has 2 aliphatic rings. The van der Waals surface area contributed by atoms with Crippen LogP contribution in [-0.2, 0) is 0 Å². The van der Waals surface area contributed by atoms with Gasteiger partial charge in [0.05, 0.1) is 0 Å². The van der Waals surface area contributed by atoms with Crippen molar-refractivity contribution in [3.63, 3.8) is 0 Å². The van der Waals surface area contributed by atoms with Crippen LogP contribution in [0, 0.1) is 0 Å². The van der Waals surface area contributed by atoms with Gasteiger partial charge in [0.25, 0.3) is 0 Å². The Bertz CT molecular complexity index is 393. The maximum Gasteiger partial charge on any atom is 0.225 e. The van der Waals surface area contributed by atoms with Gasteiger partial charge in [-0.2, -0.15) is 0 Å². The zero-order chi connectivity index (χ0) is 12.9. The zero-order valence-corrected chi connectivity index (χ0v) is 11.6. The summed E-state index contributed by atoms with van der Waals surface area (Å²) >= 11 is 0. The summed E-state index contributed by atoms with van der Waals surface area (Å²) in [5.74, 6) is 1.60. The second-order valence-corrected chi connectivity index (χ2v) is 5.71. The fourth-order valence-corrected chi connectivity index (χ4v) is 3.19. The third-order valence-corrected chi connectivity index (χ3v) is 4.31. The summed E-state index contributed by atoms with van der Waals surface area (Å²) in [7, 11) is 0. The van der Waals surface area contributed by atoms with E-state index in [1.165, 1.54) is 44.2 Å². The SMILES string of the molecule is c1cc(C2CCCCC2)nc(N2CCCNCC2)n1. The van der Waals surface area contributed by atoms with E-state index in [4.69, 9.17) is 4.98 Å². The Labute approximate surface area is 115 Å². The first-order valence-corrected chi connectivity index (χ1v) is 7.72. The molecule has 104 valence electrons. The molecule has 1 saturated heterocycles. The van der Waals surface area contributed by atoms with Crippen molar-refractivity contribution in [2.75, 3.05) is 31.1 Å². The van der Waals surface area contributed by atoms with Crippen molar-refractivity contribution >= 4 is 5.95 Å². The van der Waals surface area contributed by atoms with E-state index < -0.39 is 0 Å². The van der Waals surface area contributed by atoms with E-state index in [-0.39, 0.29) is 0 Å². The highest BCUT2D eigenvalue weighted by Crippen LogP contribution is 2.31. The second-order valence-electron chi connectivity index (χ2n) is 5.71. The minimum Gasteiger partial charge on any atom is -0.339 e. The third-order valence-electron chi connectivity index (χ3n) is 4.31. The maximum atomic E-state index is 4.85. The van der Waals surface area contributed by atoms with Gasteiger partial charge in [-0.25, -0.2) is 9.97 Å². The van der Waals surface area contributed by atoms with Crippen LogP contribution in [0.25, 0.3) is 0 Å². The highest BCUT2D eigenvalue weighted by molar-refractivity contribution is 5.31. The molecule has 1 saturated carbocycles. The van der Waals surface area contributed by atoms with Crippen molar-refractivity contribution in [2.45, 2.75) is 44.4 Å². The van der Waals surface area contributed by atoms with Crippen LogP contribution in [0.1, 0.15) is 50.1 Å². The molecular formula is C15H24N4. The molecule has 19 heavy (non-hydrogen) atoms. The highest BCUT2D eigenvalue weighted by atomic mass is 15.3. The van der Waals surface area contributed by atoms with Crippen LogP contribution < -0.4 is 10.2 Å². The molecule has 3 rings (SSSR count). The Morgan fingerprint density at radius 2 is 1.95 bits per heavy atom. The molecule has 0 bridgehead atoms. The summed E-state index contributed by atoms with van der Waals surface area (Å²) in [6, 6.07) is 2.12. The molecule has 1 aliphatic carbocycles. The van der Waals surface area contributed by atoms with Crippen molar-refractivity contribution in [3.05, 3.63) is 18.0 Å². The molecule has 0 amide bonds. The van der Waals surface area contributed by atoms with E-state index in [1.54, 1.807) is 0 Å². The number of anilines is 1. The number of hydrogen-bond acceptors (Lipinski definition) is 4. The molecule has 1 aromatic rings. The molecule has 0 aromatic carbocycles. The summed E-state index contributed by atoms with van der Waals surface area (Å²) in [5.41, 5.74) is 1.27. The van der Waals surface area contributed by atoms with Gasteiger partial charge in [-0.3, -0.25) is 0 Å². The van der Waals surface area contributed by atoms with Crippen LogP contribution in [0.4, 0.5) is 5.95 Å². The molecule has 4 nitrogen and oxygen atoms in total. The number of nitrogens with zero attached hydrogens (tertiary/aromatic N) is 3. The van der Waals surface area contributed by atoms with E-state index in [9.17, 15) is 0 Å². The first-order chi connectivity index (χ1) is 9.43. The van der Waals surface area contributed by atoms with Crippen LogP contribution in [0.15, 0.2) is 12.3 Å². The normalized spacial score (nSPS) is 22.2. The molecule has 0 radical (unpaired) electrons. The molecule has 2 fully saturated rings. The molecule has 2 heterocycles. The van der Waals surface area contributed by atoms with E-state index in [1.807, 2.05) is 6.20 Å². The third kappa shape index (κ3) is 3.24. The van der Waals surface area contributed by atoms with Gasteiger partial charge < -0.3 is 10.2 Å². The second kappa shape index (κ2) is 6.33. The Morgan fingerprint density at radius 3 is 2.84 bits per heavy atom. The molecule has 1 aliphatic heterocycles. The van der Waals surface area contributed by atoms with Crippen LogP contribution in [0.2, 0.25) is 0 Å². The van der Waals surface area contributed by atoms with E-state index in [0.717, 1.165) is 32.1 Å². The molecule has 1 aromatic heterocycles. The van der Waals surface area contributed by atoms with E-state index in [2.05, 4.69) is 21.3 Å². The van der Waals surface area contributed by atoms with Gasteiger partial charge in [0.1, 0.15) is 0 Å². The van der Waals surface area contributed by atoms with Crippen molar-refractivity contribution in [1.29, 1.82) is 0 Å². The maximum absolute atomic E-state index is 4.85. The van der Waals surface area contributed by atoms with Crippen molar-refractivity contribution in [3.8, 4) is 0 Å². The van der Waals surface area contributed by atoms with Crippen LogP contribution in [-0.4, -0.2) is 36.1 Å². The molecule has 0 atom stereocenters. The van der Waals surface area contributed by atoms with Crippen molar-refractivity contribution in [1.82, 2.24) is 15.3 Å². The van der Waals surface area contributed by atoms with E-state index in [0.29, 0.717) is 5.92 Å². The fourth-order valence-electron chi connectivity index (χ4n) is 3.19. The van der Waals surface area contributed by atoms with Crippen molar-refractivity contribution < 1.29 is 0 Å². The summed E-state index contributed by atoms with van der Waals surface area (Å²) in [4.78, 5) is 11.7. The predicted octanol–water partition coefficient (Wildman–Crippen LogP) is 2.32. The molecule has 4 heteroatoms. The quantitative estimate of drug-likeness (QED) is 0.886. The van der Waals surface area contributed by atoms with Gasteiger partial charge in [-0.1, -0.05) is 19.3 Å². The number of rotatable bonds is 2. The standard InChI is InChI=1S/C15H24N4/c1-2-5-13(6-3-1)14-7-9-17-15(18-14)19-11-4-8-16-10-12-19/h7,9,13,16H,1-6,8,10-12H2. The smallest absolute Gasteiger partial charge is 0.225 e. The minimum atomic E-state index is 0.667. The topological polar surface area (TPSA) is 41.1 Å². The Kier molecular flexibility index (Phi) is 4.28. The molecule has 1 N–H and O–H groups in total. The van der Waals surface area contributed by atoms with E-state index >= 15 is 0 Å². The van der Waals surface area contributed by atoms with Gasteiger partial charge in [0.2, 0.25) is 5.95 Å². The Balaban J connectivity index is 1.74. The highest BCUT2D eigenvalue weighted by Gasteiger charge is 2.19. The van der Waals surface area contributed by atoms with Crippen LogP contribution >= 0.6 is 0 Å². The predicted molar refractivity (Wildman–Crippen MR) is 77.6 cm³/mol. The Hall–Kier alpha value is -1.16. The van der Waals surface area contributed by atoms with Crippen molar-refractivity contribution in [2.24, 2.45) is 0 Å². The van der Waals surface area contributed by atoms with Gasteiger partial charge in [0, 0.05) is 37.4 Å². The van der Waals surface area contributed by atoms with Gasteiger partial charge in [-0.15, -0.1) is 0 Å². The monoisotopic (exact) mass is 260 g/mol. The fraction of sp³-hybridized carbons (Fsp3) is 0.733. The van der Waals surface area contributed by atoms with Gasteiger partial charge >= 0.3 is 0 Å². The lowest BCUT2D eigenvalue weighted by Crippen LogP contribution is -2.29. The summed E-state index contributed by atoms with van der Waals surface area (Å²) in [6.45, 7) is 4.24. The van der Waals surface area contributed by atoms with Crippen LogP contribution in [0.5, 0.6) is 0 Å². The zero-order valence-electron chi connectivity index (χ0n) is 11.6. The minimum absolute atomic E-state index is 0.667. The number of hydrogen-bond donors (Lipinski definition) is 1. The summed E-state index contributed by atoms with van der Waals surface area (Å²) in [6.07, 6.45) is 9.85. The number of nitrogens with one attached hydrogen (secondary N) is 1. The first-order valence-electron chi connectivity index (χ1n) is 7.72. The Morgan fingerprint density at radius 1 is 1.05 bits per heavy atom.